The molecule has 0 saturated heterocycles. The fourth-order valence-corrected chi connectivity index (χ4v) is 2.81. The average molecular weight is 363 g/mol. The molecule has 0 atom stereocenters. The molecule has 3 aromatic rings. The number of para-hydroxylation sites is 1. The van der Waals surface area contributed by atoms with Gasteiger partial charge in [0.15, 0.2) is 0 Å². The number of hydrogen-bond acceptors (Lipinski definition) is 6. The minimum atomic E-state index is 0.714. The first-order valence-electron chi connectivity index (χ1n) is 9.05. The van der Waals surface area contributed by atoms with Crippen LogP contribution in [0, 0.1) is 0 Å². The molecule has 0 fully saturated rings. The van der Waals surface area contributed by atoms with Crippen LogP contribution in [-0.2, 0) is 12.8 Å². The van der Waals surface area contributed by atoms with E-state index in [1.807, 2.05) is 55.8 Å². The first-order valence-corrected chi connectivity index (χ1v) is 9.05. The highest BCUT2D eigenvalue weighted by molar-refractivity contribution is 5.41. The van der Waals surface area contributed by atoms with Crippen molar-refractivity contribution >= 4 is 11.8 Å². The van der Waals surface area contributed by atoms with Crippen molar-refractivity contribution in [3.05, 3.63) is 72.2 Å². The number of pyridine rings is 1. The molecule has 6 heteroatoms. The van der Waals surface area contributed by atoms with E-state index in [1.165, 1.54) is 11.1 Å². The maximum absolute atomic E-state index is 5.40. The highest BCUT2D eigenvalue weighted by atomic mass is 16.5. The van der Waals surface area contributed by atoms with E-state index < -0.39 is 0 Å². The zero-order valence-electron chi connectivity index (χ0n) is 15.8. The Morgan fingerprint density at radius 2 is 1.81 bits per heavy atom. The lowest BCUT2D eigenvalue weighted by Gasteiger charge is -2.17. The summed E-state index contributed by atoms with van der Waals surface area (Å²) in [4.78, 5) is 15.1. The highest BCUT2D eigenvalue weighted by Gasteiger charge is 2.06. The molecule has 3 rings (SSSR count). The van der Waals surface area contributed by atoms with Gasteiger partial charge in [-0.05, 0) is 48.2 Å². The smallest absolute Gasteiger partial charge is 0.226 e. The molecule has 1 N–H and O–H groups in total. The molecular weight excluding hydrogens is 338 g/mol. The Kier molecular flexibility index (Phi) is 6.57. The number of rotatable bonds is 9. The van der Waals surface area contributed by atoms with Crippen LogP contribution >= 0.6 is 0 Å². The second kappa shape index (κ2) is 9.52. The Balaban J connectivity index is 1.53. The number of likely N-dealkylation sites (N-methyl/N-ethyl adjacent to an activating group) is 1. The number of anilines is 2. The summed E-state index contributed by atoms with van der Waals surface area (Å²) in [6, 6.07) is 14.0. The van der Waals surface area contributed by atoms with E-state index >= 15 is 0 Å². The second-order valence-electron chi connectivity index (χ2n) is 6.26. The summed E-state index contributed by atoms with van der Waals surface area (Å²) in [5.41, 5.74) is 2.43. The zero-order valence-corrected chi connectivity index (χ0v) is 15.8. The fourth-order valence-electron chi connectivity index (χ4n) is 2.81. The van der Waals surface area contributed by atoms with Crippen molar-refractivity contribution in [3.8, 4) is 5.75 Å². The van der Waals surface area contributed by atoms with Gasteiger partial charge in [0, 0.05) is 38.7 Å². The number of aromatic nitrogens is 3. The molecule has 27 heavy (non-hydrogen) atoms. The molecule has 6 nitrogen and oxygen atoms in total. The molecule has 0 amide bonds. The van der Waals surface area contributed by atoms with Gasteiger partial charge in [-0.3, -0.25) is 4.98 Å². The average Bonchev–Trinajstić information content (AvgIpc) is 2.73. The van der Waals surface area contributed by atoms with Gasteiger partial charge in [0.1, 0.15) is 11.6 Å². The van der Waals surface area contributed by atoms with E-state index in [4.69, 9.17) is 4.74 Å². The van der Waals surface area contributed by atoms with Crippen LogP contribution in [0.1, 0.15) is 11.1 Å². The van der Waals surface area contributed by atoms with Gasteiger partial charge in [0.05, 0.1) is 7.11 Å². The van der Waals surface area contributed by atoms with Crippen molar-refractivity contribution < 1.29 is 4.74 Å². The minimum absolute atomic E-state index is 0.714. The number of methoxy groups -OCH3 is 1. The van der Waals surface area contributed by atoms with Crippen LogP contribution in [-0.4, -0.2) is 42.2 Å². The first kappa shape index (κ1) is 18.6. The molecule has 0 aliphatic heterocycles. The summed E-state index contributed by atoms with van der Waals surface area (Å²) in [6.45, 7) is 1.62. The van der Waals surface area contributed by atoms with Crippen LogP contribution in [0.15, 0.2) is 61.1 Å². The maximum atomic E-state index is 5.40. The topological polar surface area (TPSA) is 63.2 Å². The van der Waals surface area contributed by atoms with E-state index in [1.54, 1.807) is 13.3 Å². The van der Waals surface area contributed by atoms with Crippen molar-refractivity contribution in [2.24, 2.45) is 0 Å². The summed E-state index contributed by atoms with van der Waals surface area (Å²) in [5.74, 6) is 2.45. The summed E-state index contributed by atoms with van der Waals surface area (Å²) in [7, 11) is 3.71. The summed E-state index contributed by atoms with van der Waals surface area (Å²) in [5, 5.41) is 3.37. The predicted molar refractivity (Wildman–Crippen MR) is 108 cm³/mol. The third-order valence-electron chi connectivity index (χ3n) is 4.36. The SMILES string of the molecule is COc1ccccc1CCNc1ccnc(N(C)CCc2ccncc2)n1. The Bertz CT molecular complexity index is 841. The van der Waals surface area contributed by atoms with Crippen LogP contribution in [0.4, 0.5) is 11.8 Å². The predicted octanol–water partition coefficient (Wildman–Crippen LogP) is 3.21. The Labute approximate surface area is 160 Å². The summed E-state index contributed by atoms with van der Waals surface area (Å²) in [6.07, 6.45) is 7.21. The maximum Gasteiger partial charge on any atom is 0.226 e. The quantitative estimate of drug-likeness (QED) is 0.630. The van der Waals surface area contributed by atoms with Gasteiger partial charge in [-0.1, -0.05) is 18.2 Å². The molecule has 140 valence electrons. The fraction of sp³-hybridized carbons (Fsp3) is 0.286. The number of nitrogens with one attached hydrogen (secondary N) is 1. The molecule has 0 unspecified atom stereocenters. The lowest BCUT2D eigenvalue weighted by molar-refractivity contribution is 0.410. The molecule has 0 radical (unpaired) electrons. The van der Waals surface area contributed by atoms with E-state index in [0.29, 0.717) is 5.95 Å². The molecule has 0 aliphatic carbocycles. The van der Waals surface area contributed by atoms with Gasteiger partial charge in [-0.15, -0.1) is 0 Å². The molecular formula is C21H25N5O. The van der Waals surface area contributed by atoms with E-state index in [2.05, 4.69) is 31.2 Å². The number of benzene rings is 1. The standard InChI is InChI=1S/C21H25N5O/c1-26(16-11-17-7-12-22-13-8-17)21-24-15-10-20(25-21)23-14-9-18-5-3-4-6-19(18)27-2/h3-8,10,12-13,15H,9,11,14,16H2,1-2H3,(H,23,24,25). The number of hydrogen-bond donors (Lipinski definition) is 1. The van der Waals surface area contributed by atoms with Gasteiger partial charge in [-0.25, -0.2) is 4.98 Å². The lowest BCUT2D eigenvalue weighted by atomic mass is 10.1. The van der Waals surface area contributed by atoms with Crippen molar-refractivity contribution in [2.75, 3.05) is 37.5 Å². The van der Waals surface area contributed by atoms with E-state index in [0.717, 1.165) is 37.5 Å². The minimum Gasteiger partial charge on any atom is -0.496 e. The largest absolute Gasteiger partial charge is 0.496 e. The van der Waals surface area contributed by atoms with Crippen LogP contribution in [0.2, 0.25) is 0 Å². The van der Waals surface area contributed by atoms with Gasteiger partial charge in [-0.2, -0.15) is 4.98 Å². The van der Waals surface area contributed by atoms with Crippen molar-refractivity contribution in [1.82, 2.24) is 15.0 Å². The molecule has 1 aromatic carbocycles. The lowest BCUT2D eigenvalue weighted by Crippen LogP contribution is -2.23. The normalized spacial score (nSPS) is 10.4. The number of ether oxygens (including phenoxy) is 1. The molecule has 2 aromatic heterocycles. The van der Waals surface area contributed by atoms with Crippen molar-refractivity contribution in [3.63, 3.8) is 0 Å². The van der Waals surface area contributed by atoms with Crippen molar-refractivity contribution in [1.29, 1.82) is 0 Å². The van der Waals surface area contributed by atoms with Gasteiger partial charge >= 0.3 is 0 Å². The van der Waals surface area contributed by atoms with Crippen LogP contribution < -0.4 is 15.0 Å². The van der Waals surface area contributed by atoms with Crippen LogP contribution in [0.25, 0.3) is 0 Å². The van der Waals surface area contributed by atoms with Crippen LogP contribution in [0.3, 0.4) is 0 Å². The second-order valence-corrected chi connectivity index (χ2v) is 6.26. The Morgan fingerprint density at radius 1 is 1.00 bits per heavy atom. The van der Waals surface area contributed by atoms with Crippen molar-refractivity contribution in [2.45, 2.75) is 12.8 Å². The molecule has 0 bridgehead atoms. The molecule has 0 aliphatic rings. The highest BCUT2D eigenvalue weighted by Crippen LogP contribution is 2.18. The third-order valence-corrected chi connectivity index (χ3v) is 4.36. The van der Waals surface area contributed by atoms with Gasteiger partial charge < -0.3 is 15.0 Å². The van der Waals surface area contributed by atoms with E-state index in [-0.39, 0.29) is 0 Å². The number of nitrogens with zero attached hydrogens (tertiary/aromatic N) is 4. The first-order chi connectivity index (χ1) is 13.3. The monoisotopic (exact) mass is 363 g/mol. The van der Waals surface area contributed by atoms with Gasteiger partial charge in [0.2, 0.25) is 5.95 Å². The zero-order chi connectivity index (χ0) is 18.9. The Hall–Kier alpha value is -3.15. The molecule has 0 spiro atoms. The van der Waals surface area contributed by atoms with E-state index in [9.17, 15) is 0 Å². The van der Waals surface area contributed by atoms with Gasteiger partial charge in [0.25, 0.3) is 0 Å². The Morgan fingerprint density at radius 3 is 2.63 bits per heavy atom. The summed E-state index contributed by atoms with van der Waals surface area (Å²) < 4.78 is 5.40. The summed E-state index contributed by atoms with van der Waals surface area (Å²) >= 11 is 0. The molecule has 0 saturated carbocycles. The third kappa shape index (κ3) is 5.41. The molecule has 2 heterocycles. The van der Waals surface area contributed by atoms with Crippen LogP contribution in [0.5, 0.6) is 5.75 Å².